The molecule has 1 aliphatic heterocycles. The fourth-order valence-electron chi connectivity index (χ4n) is 2.87. The minimum Gasteiger partial charge on any atom is -0.486 e. The maximum absolute atomic E-state index is 12.5. The number of hydrogen-bond acceptors (Lipinski definition) is 7. The summed E-state index contributed by atoms with van der Waals surface area (Å²) in [6.07, 6.45) is 2.62. The van der Waals surface area contributed by atoms with Crippen LogP contribution in [0.1, 0.15) is 5.56 Å². The highest BCUT2D eigenvalue weighted by atomic mass is 32.2. The first-order valence-electron chi connectivity index (χ1n) is 8.08. The highest BCUT2D eigenvalue weighted by Gasteiger charge is 2.21. The van der Waals surface area contributed by atoms with E-state index in [0.717, 1.165) is 6.26 Å². The first kappa shape index (κ1) is 17.3. The molecule has 27 heavy (non-hydrogen) atoms. The van der Waals surface area contributed by atoms with Gasteiger partial charge < -0.3 is 13.9 Å². The molecule has 1 aliphatic rings. The zero-order chi connectivity index (χ0) is 19.2. The van der Waals surface area contributed by atoms with E-state index in [4.69, 9.17) is 13.9 Å². The van der Waals surface area contributed by atoms with Crippen LogP contribution in [0, 0.1) is 0 Å². The second-order valence-corrected chi connectivity index (χ2v) is 8.04. The lowest BCUT2D eigenvalue weighted by atomic mass is 10.1. The van der Waals surface area contributed by atoms with Crippen molar-refractivity contribution in [3.8, 4) is 23.0 Å². The maximum atomic E-state index is 12.5. The summed E-state index contributed by atoms with van der Waals surface area (Å²) in [6.45, 7) is 4.43. The highest BCUT2D eigenvalue weighted by Crippen LogP contribution is 2.34. The first-order chi connectivity index (χ1) is 12.9. The average molecular weight is 385 g/mol. The normalized spacial score (nSPS) is 13.5. The molecular weight excluding hydrogens is 370 g/mol. The molecule has 0 spiro atoms. The van der Waals surface area contributed by atoms with E-state index < -0.39 is 15.5 Å². The Kier molecular flexibility index (Phi) is 4.00. The lowest BCUT2D eigenvalue weighted by Gasteiger charge is -2.18. The standard InChI is InChI=1S/C19H15NO6S/c1-3-11-4-5-12(17(8-11)27(2,22)23)18-20-14-10-16-15(24-6-7-25-16)9-13(14)19(21)26-18/h3-5,8-10H,1,6-7H2,2H3. The predicted molar refractivity (Wildman–Crippen MR) is 99.9 cm³/mol. The molecule has 0 aliphatic carbocycles. The summed E-state index contributed by atoms with van der Waals surface area (Å²) >= 11 is 0. The number of benzene rings is 2. The van der Waals surface area contributed by atoms with Crippen LogP contribution in [-0.2, 0) is 9.84 Å². The Morgan fingerprint density at radius 3 is 2.48 bits per heavy atom. The Morgan fingerprint density at radius 2 is 1.81 bits per heavy atom. The van der Waals surface area contributed by atoms with Crippen LogP contribution in [0.2, 0.25) is 0 Å². The topological polar surface area (TPSA) is 95.7 Å². The molecule has 0 bridgehead atoms. The summed E-state index contributed by atoms with van der Waals surface area (Å²) in [4.78, 5) is 16.8. The molecule has 0 saturated heterocycles. The van der Waals surface area contributed by atoms with E-state index in [0.29, 0.717) is 35.8 Å². The molecule has 2 heterocycles. The summed E-state index contributed by atoms with van der Waals surface area (Å²) in [7, 11) is -3.59. The van der Waals surface area contributed by atoms with Gasteiger partial charge >= 0.3 is 5.63 Å². The minimum absolute atomic E-state index is 0.00689. The molecule has 0 amide bonds. The second-order valence-electron chi connectivity index (χ2n) is 6.05. The summed E-state index contributed by atoms with van der Waals surface area (Å²) in [5, 5.41) is 0.228. The third-order valence-corrected chi connectivity index (χ3v) is 5.30. The average Bonchev–Trinajstić information content (AvgIpc) is 2.65. The molecule has 8 heteroatoms. The Hall–Kier alpha value is -3.13. The number of nitrogens with zero attached hydrogens (tertiary/aromatic N) is 1. The van der Waals surface area contributed by atoms with Crippen molar-refractivity contribution in [1.82, 2.24) is 4.98 Å². The zero-order valence-electron chi connectivity index (χ0n) is 14.4. The third-order valence-electron chi connectivity index (χ3n) is 4.16. The van der Waals surface area contributed by atoms with E-state index in [1.165, 1.54) is 18.2 Å². The van der Waals surface area contributed by atoms with Gasteiger partial charge in [-0.15, -0.1) is 0 Å². The quantitative estimate of drug-likeness (QED) is 0.684. The molecule has 0 radical (unpaired) electrons. The first-order valence-corrected chi connectivity index (χ1v) is 9.97. The van der Waals surface area contributed by atoms with E-state index in [2.05, 4.69) is 11.6 Å². The van der Waals surface area contributed by atoms with Crippen LogP contribution >= 0.6 is 0 Å². The van der Waals surface area contributed by atoms with Gasteiger partial charge in [-0.25, -0.2) is 18.2 Å². The molecule has 0 saturated carbocycles. The van der Waals surface area contributed by atoms with E-state index in [1.807, 2.05) is 0 Å². The molecule has 2 aromatic carbocycles. The smallest absolute Gasteiger partial charge is 0.347 e. The maximum Gasteiger partial charge on any atom is 0.347 e. The van der Waals surface area contributed by atoms with Crippen molar-refractivity contribution in [3.05, 3.63) is 52.9 Å². The van der Waals surface area contributed by atoms with Crippen LogP contribution < -0.4 is 15.1 Å². The summed E-state index contributed by atoms with van der Waals surface area (Å²) in [5.74, 6) is 0.839. The third kappa shape index (κ3) is 3.08. The highest BCUT2D eigenvalue weighted by molar-refractivity contribution is 7.90. The van der Waals surface area contributed by atoms with E-state index in [-0.39, 0.29) is 21.7 Å². The number of rotatable bonds is 3. The van der Waals surface area contributed by atoms with Gasteiger partial charge in [0.2, 0.25) is 5.89 Å². The second kappa shape index (κ2) is 6.24. The molecule has 3 aromatic rings. The molecular formula is C19H15NO6S. The van der Waals surface area contributed by atoms with Crippen LogP contribution in [0.5, 0.6) is 11.5 Å². The predicted octanol–water partition coefficient (Wildman–Crippen LogP) is 2.67. The summed E-state index contributed by atoms with van der Waals surface area (Å²) < 4.78 is 40.7. The Balaban J connectivity index is 1.98. The van der Waals surface area contributed by atoms with Crippen molar-refractivity contribution < 1.29 is 22.3 Å². The zero-order valence-corrected chi connectivity index (χ0v) is 15.2. The number of hydrogen-bond donors (Lipinski definition) is 0. The SMILES string of the molecule is C=Cc1ccc(-c2nc3cc4c(cc3c(=O)o2)OCCO4)c(S(C)(=O)=O)c1. The summed E-state index contributed by atoms with van der Waals surface area (Å²) in [5.41, 5.74) is 0.524. The number of sulfone groups is 1. The Morgan fingerprint density at radius 1 is 1.11 bits per heavy atom. The number of ether oxygens (including phenoxy) is 2. The van der Waals surface area contributed by atoms with Crippen molar-refractivity contribution in [2.24, 2.45) is 0 Å². The van der Waals surface area contributed by atoms with Crippen molar-refractivity contribution in [3.63, 3.8) is 0 Å². The monoisotopic (exact) mass is 385 g/mol. The van der Waals surface area contributed by atoms with Crippen LogP contribution in [0.15, 0.2) is 51.0 Å². The molecule has 0 unspecified atom stereocenters. The fourth-order valence-corrected chi connectivity index (χ4v) is 3.78. The van der Waals surface area contributed by atoms with Crippen LogP contribution in [0.4, 0.5) is 0 Å². The van der Waals surface area contributed by atoms with Gasteiger partial charge in [0.15, 0.2) is 21.3 Å². The Bertz CT molecular complexity index is 1240. The van der Waals surface area contributed by atoms with E-state index in [1.54, 1.807) is 18.2 Å². The molecule has 7 nitrogen and oxygen atoms in total. The lowest BCUT2D eigenvalue weighted by Crippen LogP contribution is -2.16. The molecule has 0 N–H and O–H groups in total. The molecule has 1 aromatic heterocycles. The number of fused-ring (bicyclic) bond motifs is 2. The van der Waals surface area contributed by atoms with Gasteiger partial charge in [0.1, 0.15) is 13.2 Å². The van der Waals surface area contributed by atoms with Gasteiger partial charge in [0, 0.05) is 18.4 Å². The molecule has 4 rings (SSSR count). The lowest BCUT2D eigenvalue weighted by molar-refractivity contribution is 0.172. The van der Waals surface area contributed by atoms with Crippen LogP contribution in [0.3, 0.4) is 0 Å². The van der Waals surface area contributed by atoms with Gasteiger partial charge in [-0.3, -0.25) is 0 Å². The van der Waals surface area contributed by atoms with E-state index in [9.17, 15) is 13.2 Å². The van der Waals surface area contributed by atoms with Gasteiger partial charge in [0.05, 0.1) is 21.4 Å². The van der Waals surface area contributed by atoms with Crippen molar-refractivity contribution >= 4 is 26.8 Å². The van der Waals surface area contributed by atoms with Crippen LogP contribution in [0.25, 0.3) is 28.4 Å². The minimum atomic E-state index is -3.59. The van der Waals surface area contributed by atoms with Crippen molar-refractivity contribution in [1.29, 1.82) is 0 Å². The van der Waals surface area contributed by atoms with Crippen LogP contribution in [-0.4, -0.2) is 32.9 Å². The Labute approximate surface area is 154 Å². The van der Waals surface area contributed by atoms with E-state index >= 15 is 0 Å². The number of aromatic nitrogens is 1. The molecule has 0 fully saturated rings. The fraction of sp³-hybridized carbons (Fsp3) is 0.158. The summed E-state index contributed by atoms with van der Waals surface area (Å²) in [6, 6.07) is 7.79. The largest absolute Gasteiger partial charge is 0.486 e. The van der Waals surface area contributed by atoms with Gasteiger partial charge in [-0.1, -0.05) is 18.7 Å². The van der Waals surface area contributed by atoms with Gasteiger partial charge in [0.25, 0.3) is 0 Å². The molecule has 138 valence electrons. The van der Waals surface area contributed by atoms with Crippen molar-refractivity contribution in [2.45, 2.75) is 4.90 Å². The van der Waals surface area contributed by atoms with Gasteiger partial charge in [-0.2, -0.15) is 0 Å². The van der Waals surface area contributed by atoms with Gasteiger partial charge in [-0.05, 0) is 17.7 Å². The van der Waals surface area contributed by atoms with Crippen molar-refractivity contribution in [2.75, 3.05) is 19.5 Å². The molecule has 0 atom stereocenters.